The van der Waals surface area contributed by atoms with E-state index < -0.39 is 0 Å². The highest BCUT2D eigenvalue weighted by atomic mass is 35.5. The van der Waals surface area contributed by atoms with Crippen molar-refractivity contribution < 1.29 is 9.53 Å². The maximum atomic E-state index is 12.7. The van der Waals surface area contributed by atoms with Crippen LogP contribution in [0.2, 0.25) is 5.02 Å². The average Bonchev–Trinajstić information content (AvgIpc) is 2.95. The molecule has 1 aromatic heterocycles. The third-order valence-electron chi connectivity index (χ3n) is 3.57. The number of unbranched alkanes of at least 4 members (excludes halogenated alkanes) is 1. The van der Waals surface area contributed by atoms with Crippen molar-refractivity contribution in [2.45, 2.75) is 52.5 Å². The summed E-state index contributed by atoms with van der Waals surface area (Å²) in [6.45, 7) is 9.16. The normalized spacial score (nSPS) is 12.5. The van der Waals surface area contributed by atoms with E-state index in [1.165, 1.54) is 18.4 Å². The van der Waals surface area contributed by atoms with E-state index in [0.29, 0.717) is 21.1 Å². The van der Waals surface area contributed by atoms with Gasteiger partial charge < -0.3 is 4.74 Å². The number of benzene rings is 1. The molecule has 0 unspecified atom stereocenters. The third kappa shape index (κ3) is 4.92. The first-order valence-corrected chi connectivity index (χ1v) is 9.46. The molecular formula is C18H24ClN3O2S. The second-order valence-corrected chi connectivity index (χ2v) is 8.17. The summed E-state index contributed by atoms with van der Waals surface area (Å²) in [7, 11) is 1.52. The Morgan fingerprint density at radius 2 is 2.12 bits per heavy atom. The molecule has 0 fully saturated rings. The summed E-state index contributed by atoms with van der Waals surface area (Å²) in [5.74, 6) is 0.0764. The first kappa shape index (κ1) is 19.7. The maximum Gasteiger partial charge on any atom is 0.283 e. The van der Waals surface area contributed by atoms with Gasteiger partial charge in [-0.05, 0) is 24.6 Å². The Bertz CT molecular complexity index is 818. The molecule has 0 spiro atoms. The topological polar surface area (TPSA) is 56.5 Å². The lowest BCUT2D eigenvalue weighted by atomic mass is 9.98. The first-order chi connectivity index (χ1) is 11.8. The summed E-state index contributed by atoms with van der Waals surface area (Å²) in [6.07, 6.45) is 2.03. The summed E-state index contributed by atoms with van der Waals surface area (Å²) in [4.78, 5) is 17.6. The largest absolute Gasteiger partial charge is 0.496 e. The minimum Gasteiger partial charge on any atom is -0.496 e. The quantitative estimate of drug-likeness (QED) is 0.768. The van der Waals surface area contributed by atoms with Crippen LogP contribution in [0.15, 0.2) is 23.2 Å². The zero-order valence-electron chi connectivity index (χ0n) is 15.3. The van der Waals surface area contributed by atoms with Crippen LogP contribution in [0.5, 0.6) is 5.75 Å². The van der Waals surface area contributed by atoms with Crippen molar-refractivity contribution in [3.8, 4) is 5.75 Å². The molecule has 0 aliphatic rings. The van der Waals surface area contributed by atoms with E-state index in [1.54, 1.807) is 18.2 Å². The molecule has 7 heteroatoms. The van der Waals surface area contributed by atoms with Gasteiger partial charge in [-0.15, -0.1) is 0 Å². The minimum absolute atomic E-state index is 0.0941. The number of hydrogen-bond donors (Lipinski definition) is 0. The Morgan fingerprint density at radius 1 is 1.40 bits per heavy atom. The fraction of sp³-hybridized carbons (Fsp3) is 0.500. The van der Waals surface area contributed by atoms with Gasteiger partial charge in [-0.1, -0.05) is 57.1 Å². The molecule has 136 valence electrons. The minimum atomic E-state index is -0.381. The molecule has 0 bridgehead atoms. The van der Waals surface area contributed by atoms with Crippen molar-refractivity contribution in [2.75, 3.05) is 7.11 Å². The van der Waals surface area contributed by atoms with Gasteiger partial charge in [0.15, 0.2) is 0 Å². The molecule has 0 saturated heterocycles. The van der Waals surface area contributed by atoms with Gasteiger partial charge in [0, 0.05) is 17.0 Å². The van der Waals surface area contributed by atoms with Crippen molar-refractivity contribution >= 4 is 28.8 Å². The highest BCUT2D eigenvalue weighted by molar-refractivity contribution is 7.09. The van der Waals surface area contributed by atoms with E-state index in [9.17, 15) is 4.79 Å². The molecule has 0 aliphatic heterocycles. The number of hydrogen-bond acceptors (Lipinski definition) is 4. The molecule has 5 nitrogen and oxygen atoms in total. The molecule has 2 rings (SSSR count). The van der Waals surface area contributed by atoms with Crippen LogP contribution in [-0.4, -0.2) is 22.8 Å². The summed E-state index contributed by atoms with van der Waals surface area (Å²) < 4.78 is 7.08. The Labute approximate surface area is 157 Å². The van der Waals surface area contributed by atoms with Crippen molar-refractivity contribution in [2.24, 2.45) is 4.99 Å². The van der Waals surface area contributed by atoms with E-state index in [0.717, 1.165) is 24.4 Å². The number of carbonyl (C=O) groups excluding carboxylic acids is 1. The molecule has 1 aromatic carbocycles. The highest BCUT2D eigenvalue weighted by Gasteiger charge is 2.20. The van der Waals surface area contributed by atoms with Crippen LogP contribution in [0.3, 0.4) is 0 Å². The van der Waals surface area contributed by atoms with Gasteiger partial charge in [0.2, 0.25) is 4.80 Å². The predicted molar refractivity (Wildman–Crippen MR) is 102 cm³/mol. The molecular weight excluding hydrogens is 358 g/mol. The summed E-state index contributed by atoms with van der Waals surface area (Å²) in [6, 6.07) is 4.93. The van der Waals surface area contributed by atoms with E-state index in [4.69, 9.17) is 16.3 Å². The zero-order valence-corrected chi connectivity index (χ0v) is 16.9. The number of ether oxygens (including phenoxy) is 1. The number of aryl methyl sites for hydroxylation is 1. The molecule has 0 radical (unpaired) electrons. The van der Waals surface area contributed by atoms with E-state index >= 15 is 0 Å². The molecule has 2 aromatic rings. The predicted octanol–water partition coefficient (Wildman–Crippen LogP) is 4.45. The maximum absolute atomic E-state index is 12.7. The van der Waals surface area contributed by atoms with Gasteiger partial charge in [-0.25, -0.2) is 4.68 Å². The van der Waals surface area contributed by atoms with E-state index in [2.05, 4.69) is 37.8 Å². The zero-order chi connectivity index (χ0) is 18.6. The Morgan fingerprint density at radius 3 is 2.72 bits per heavy atom. The van der Waals surface area contributed by atoms with Crippen molar-refractivity contribution in [3.63, 3.8) is 0 Å². The highest BCUT2D eigenvalue weighted by Crippen LogP contribution is 2.24. The summed E-state index contributed by atoms with van der Waals surface area (Å²) in [5, 5.41) is 6.08. The SMILES string of the molecule is CCCCn1nc(C(C)(C)C)s/c1=N\C(=O)c1cc(Cl)ccc1OC. The lowest BCUT2D eigenvalue weighted by Crippen LogP contribution is -2.19. The van der Waals surface area contributed by atoms with Crippen LogP contribution in [0.1, 0.15) is 55.9 Å². The van der Waals surface area contributed by atoms with Crippen LogP contribution in [0.25, 0.3) is 0 Å². The van der Waals surface area contributed by atoms with E-state index in [-0.39, 0.29) is 11.3 Å². The standard InChI is InChI=1S/C18H24ClN3O2S/c1-6-7-10-22-17(25-16(21-22)18(2,3)4)20-15(23)13-11-12(19)8-9-14(13)24-5/h8-9,11H,6-7,10H2,1-5H3/b20-17-. The number of nitrogens with zero attached hydrogens (tertiary/aromatic N) is 3. The van der Waals surface area contributed by atoms with Crippen LogP contribution >= 0.6 is 22.9 Å². The molecule has 0 aliphatic carbocycles. The lowest BCUT2D eigenvalue weighted by molar-refractivity contribution is 0.0994. The van der Waals surface area contributed by atoms with Crippen LogP contribution < -0.4 is 9.54 Å². The van der Waals surface area contributed by atoms with E-state index in [1.807, 2.05) is 4.68 Å². The smallest absolute Gasteiger partial charge is 0.283 e. The molecule has 0 atom stereocenters. The lowest BCUT2D eigenvalue weighted by Gasteiger charge is -2.12. The average molecular weight is 382 g/mol. The van der Waals surface area contributed by atoms with Crippen molar-refractivity contribution in [1.29, 1.82) is 0 Å². The Balaban J connectivity index is 2.50. The van der Waals surface area contributed by atoms with Gasteiger partial charge >= 0.3 is 0 Å². The molecule has 0 N–H and O–H groups in total. The van der Waals surface area contributed by atoms with Gasteiger partial charge in [0.1, 0.15) is 10.8 Å². The second-order valence-electron chi connectivity index (χ2n) is 6.78. The third-order valence-corrected chi connectivity index (χ3v) is 5.18. The number of amides is 1. The number of methoxy groups -OCH3 is 1. The van der Waals surface area contributed by atoms with Gasteiger partial charge in [-0.2, -0.15) is 10.1 Å². The summed E-state index contributed by atoms with van der Waals surface area (Å²) in [5.41, 5.74) is 0.256. The fourth-order valence-electron chi connectivity index (χ4n) is 2.14. The molecule has 1 amide bonds. The van der Waals surface area contributed by atoms with Crippen LogP contribution in [-0.2, 0) is 12.0 Å². The van der Waals surface area contributed by atoms with Crippen LogP contribution in [0.4, 0.5) is 0 Å². The van der Waals surface area contributed by atoms with Crippen molar-refractivity contribution in [3.05, 3.63) is 38.6 Å². The van der Waals surface area contributed by atoms with Gasteiger partial charge in [0.25, 0.3) is 5.91 Å². The first-order valence-electron chi connectivity index (χ1n) is 8.27. The molecule has 1 heterocycles. The number of carbonyl (C=O) groups is 1. The Kier molecular flexibility index (Phi) is 6.41. The second kappa shape index (κ2) is 8.15. The van der Waals surface area contributed by atoms with Crippen molar-refractivity contribution in [1.82, 2.24) is 9.78 Å². The number of aromatic nitrogens is 2. The monoisotopic (exact) mass is 381 g/mol. The van der Waals surface area contributed by atoms with Gasteiger partial charge in [-0.3, -0.25) is 4.79 Å². The summed E-state index contributed by atoms with van der Waals surface area (Å²) >= 11 is 7.47. The molecule has 0 saturated carbocycles. The Hall–Kier alpha value is -1.66. The van der Waals surface area contributed by atoms with Gasteiger partial charge in [0.05, 0.1) is 12.7 Å². The molecule has 25 heavy (non-hydrogen) atoms. The fourth-order valence-corrected chi connectivity index (χ4v) is 3.30. The number of halogens is 1. The van der Waals surface area contributed by atoms with Crippen LogP contribution in [0, 0.1) is 0 Å². The number of rotatable bonds is 5.